The fraction of sp³-hybridized carbons (Fsp3) is 0.125. The molecule has 0 heterocycles. The van der Waals surface area contributed by atoms with Crippen LogP contribution in [-0.2, 0) is 4.74 Å². The van der Waals surface area contributed by atoms with E-state index in [9.17, 15) is 9.59 Å². The molecule has 0 unspecified atom stereocenters. The van der Waals surface area contributed by atoms with Crippen LogP contribution in [0.4, 0.5) is 0 Å². The predicted molar refractivity (Wildman–Crippen MR) is 73.2 cm³/mol. The number of carbonyl (C=O) groups excluding carboxylic acids is 2. The minimum atomic E-state index is -0.385. The van der Waals surface area contributed by atoms with E-state index in [1.54, 1.807) is 30.3 Å². The second kappa shape index (κ2) is 5.48. The van der Waals surface area contributed by atoms with Gasteiger partial charge in [-0.2, -0.15) is 0 Å². The van der Waals surface area contributed by atoms with Crippen LogP contribution in [0.5, 0.6) is 0 Å². The predicted octanol–water partition coefficient (Wildman–Crippen LogP) is 3.34. The maximum atomic E-state index is 11.7. The largest absolute Gasteiger partial charge is 0.465 e. The van der Waals surface area contributed by atoms with Gasteiger partial charge in [-0.1, -0.05) is 36.4 Å². The first-order chi connectivity index (χ1) is 9.13. The van der Waals surface area contributed by atoms with E-state index in [2.05, 4.69) is 0 Å². The summed E-state index contributed by atoms with van der Waals surface area (Å²) in [6.07, 6.45) is 0. The van der Waals surface area contributed by atoms with Crippen LogP contribution < -0.4 is 0 Å². The fourth-order valence-corrected chi connectivity index (χ4v) is 1.93. The summed E-state index contributed by atoms with van der Waals surface area (Å²) in [6, 6.07) is 14.4. The highest BCUT2D eigenvalue weighted by Crippen LogP contribution is 2.25. The minimum Gasteiger partial charge on any atom is -0.465 e. The van der Waals surface area contributed by atoms with Crippen LogP contribution in [0.3, 0.4) is 0 Å². The first kappa shape index (κ1) is 13.0. The molecule has 3 heteroatoms. The average molecular weight is 254 g/mol. The van der Waals surface area contributed by atoms with Gasteiger partial charge in [0.15, 0.2) is 5.78 Å². The smallest absolute Gasteiger partial charge is 0.338 e. The third-order valence-corrected chi connectivity index (χ3v) is 2.91. The van der Waals surface area contributed by atoms with E-state index in [0.29, 0.717) is 11.1 Å². The quantitative estimate of drug-likeness (QED) is 0.623. The van der Waals surface area contributed by atoms with Gasteiger partial charge in [0.25, 0.3) is 0 Å². The molecule has 96 valence electrons. The lowest BCUT2D eigenvalue weighted by Crippen LogP contribution is -2.03. The molecule has 0 aromatic heterocycles. The third kappa shape index (κ3) is 2.71. The number of ketones is 1. The Hall–Kier alpha value is -2.42. The van der Waals surface area contributed by atoms with Crippen molar-refractivity contribution in [1.82, 2.24) is 0 Å². The lowest BCUT2D eigenvalue weighted by Gasteiger charge is -2.08. The van der Waals surface area contributed by atoms with Gasteiger partial charge >= 0.3 is 5.97 Å². The SMILES string of the molecule is COC(=O)c1ccccc1-c1cccc(C(C)=O)c1. The van der Waals surface area contributed by atoms with E-state index < -0.39 is 0 Å². The minimum absolute atomic E-state index is 0.00241. The Morgan fingerprint density at radius 2 is 1.74 bits per heavy atom. The Morgan fingerprint density at radius 3 is 2.42 bits per heavy atom. The molecule has 2 aromatic carbocycles. The van der Waals surface area contributed by atoms with Gasteiger partial charge in [0.2, 0.25) is 0 Å². The Labute approximate surface area is 111 Å². The second-order valence-corrected chi connectivity index (χ2v) is 4.17. The van der Waals surface area contributed by atoms with Crippen molar-refractivity contribution in [1.29, 1.82) is 0 Å². The van der Waals surface area contributed by atoms with E-state index in [1.165, 1.54) is 14.0 Å². The normalized spacial score (nSPS) is 10.0. The summed E-state index contributed by atoms with van der Waals surface area (Å²) in [4.78, 5) is 23.1. The topological polar surface area (TPSA) is 43.4 Å². The number of Topliss-reactive ketones (excluding diaryl/α,β-unsaturated/α-hetero) is 1. The van der Waals surface area contributed by atoms with Crippen molar-refractivity contribution in [2.45, 2.75) is 6.92 Å². The van der Waals surface area contributed by atoms with E-state index in [4.69, 9.17) is 4.74 Å². The molecule has 2 aromatic rings. The molecule has 3 nitrogen and oxygen atoms in total. The van der Waals surface area contributed by atoms with E-state index in [1.807, 2.05) is 18.2 Å². The van der Waals surface area contributed by atoms with Gasteiger partial charge < -0.3 is 4.74 Å². The Balaban J connectivity index is 2.56. The maximum absolute atomic E-state index is 11.7. The van der Waals surface area contributed by atoms with Gasteiger partial charge in [0.1, 0.15) is 0 Å². The lowest BCUT2D eigenvalue weighted by molar-refractivity contribution is 0.0601. The summed E-state index contributed by atoms with van der Waals surface area (Å²) in [6.45, 7) is 1.52. The number of ether oxygens (including phenoxy) is 1. The summed E-state index contributed by atoms with van der Waals surface area (Å²) in [7, 11) is 1.35. The van der Waals surface area contributed by atoms with E-state index in [-0.39, 0.29) is 11.8 Å². The van der Waals surface area contributed by atoms with Gasteiger partial charge in [-0.15, -0.1) is 0 Å². The summed E-state index contributed by atoms with van der Waals surface area (Å²) in [5.74, 6) is -0.388. The fourth-order valence-electron chi connectivity index (χ4n) is 1.93. The molecule has 0 amide bonds. The Morgan fingerprint density at radius 1 is 1.00 bits per heavy atom. The highest BCUT2D eigenvalue weighted by atomic mass is 16.5. The molecule has 0 saturated carbocycles. The molecule has 0 radical (unpaired) electrons. The molecular formula is C16H14O3. The number of esters is 1. The summed E-state index contributed by atoms with van der Waals surface area (Å²) in [5, 5.41) is 0. The average Bonchev–Trinajstić information content (AvgIpc) is 2.46. The number of benzene rings is 2. The van der Waals surface area contributed by atoms with Crippen molar-refractivity contribution in [2.24, 2.45) is 0 Å². The van der Waals surface area contributed by atoms with E-state index in [0.717, 1.165) is 11.1 Å². The molecular weight excluding hydrogens is 240 g/mol. The molecule has 0 saturated heterocycles. The molecule has 0 bridgehead atoms. The molecule has 0 aliphatic rings. The van der Waals surface area contributed by atoms with Crippen molar-refractivity contribution in [3.63, 3.8) is 0 Å². The Kier molecular flexibility index (Phi) is 3.76. The number of rotatable bonds is 3. The van der Waals surface area contributed by atoms with Crippen molar-refractivity contribution < 1.29 is 14.3 Å². The summed E-state index contributed by atoms with van der Waals surface area (Å²) < 4.78 is 4.77. The lowest BCUT2D eigenvalue weighted by atomic mass is 9.97. The van der Waals surface area contributed by atoms with Gasteiger partial charge in [-0.3, -0.25) is 4.79 Å². The highest BCUT2D eigenvalue weighted by molar-refractivity contribution is 5.99. The molecule has 0 aliphatic carbocycles. The van der Waals surface area contributed by atoms with Crippen LogP contribution >= 0.6 is 0 Å². The first-order valence-electron chi connectivity index (χ1n) is 5.92. The van der Waals surface area contributed by atoms with Crippen molar-refractivity contribution in [2.75, 3.05) is 7.11 Å². The molecule has 0 atom stereocenters. The van der Waals surface area contributed by atoms with Gasteiger partial charge in [-0.05, 0) is 30.2 Å². The van der Waals surface area contributed by atoms with E-state index >= 15 is 0 Å². The standard InChI is InChI=1S/C16H14O3/c1-11(17)12-6-5-7-13(10-12)14-8-3-4-9-15(14)16(18)19-2/h3-10H,1-2H3. The number of carbonyl (C=O) groups is 2. The molecule has 2 rings (SSSR count). The van der Waals surface area contributed by atoms with Gasteiger partial charge in [-0.25, -0.2) is 4.79 Å². The first-order valence-corrected chi connectivity index (χ1v) is 5.92. The zero-order valence-electron chi connectivity index (χ0n) is 10.8. The summed E-state index contributed by atoms with van der Waals surface area (Å²) >= 11 is 0. The number of hydrogen-bond donors (Lipinski definition) is 0. The Bertz CT molecular complexity index is 629. The molecule has 0 aliphatic heterocycles. The van der Waals surface area contributed by atoms with Crippen molar-refractivity contribution in [3.05, 3.63) is 59.7 Å². The van der Waals surface area contributed by atoms with Crippen LogP contribution in [0.15, 0.2) is 48.5 Å². The monoisotopic (exact) mass is 254 g/mol. The molecule has 0 spiro atoms. The second-order valence-electron chi connectivity index (χ2n) is 4.17. The molecule has 0 N–H and O–H groups in total. The van der Waals surface area contributed by atoms with Crippen LogP contribution in [-0.4, -0.2) is 18.9 Å². The zero-order valence-corrected chi connectivity index (χ0v) is 10.8. The summed E-state index contributed by atoms with van der Waals surface area (Å²) in [5.41, 5.74) is 2.70. The van der Waals surface area contributed by atoms with Crippen LogP contribution in [0.2, 0.25) is 0 Å². The van der Waals surface area contributed by atoms with Crippen LogP contribution in [0, 0.1) is 0 Å². The zero-order chi connectivity index (χ0) is 13.8. The van der Waals surface area contributed by atoms with Gasteiger partial charge in [0.05, 0.1) is 12.7 Å². The van der Waals surface area contributed by atoms with Crippen molar-refractivity contribution in [3.8, 4) is 11.1 Å². The van der Waals surface area contributed by atoms with Crippen LogP contribution in [0.25, 0.3) is 11.1 Å². The number of hydrogen-bond acceptors (Lipinski definition) is 3. The van der Waals surface area contributed by atoms with Crippen LogP contribution in [0.1, 0.15) is 27.6 Å². The third-order valence-electron chi connectivity index (χ3n) is 2.91. The highest BCUT2D eigenvalue weighted by Gasteiger charge is 2.13. The number of methoxy groups -OCH3 is 1. The molecule has 19 heavy (non-hydrogen) atoms. The van der Waals surface area contributed by atoms with Gasteiger partial charge in [0, 0.05) is 5.56 Å². The molecule has 0 fully saturated rings. The van der Waals surface area contributed by atoms with Crippen molar-refractivity contribution >= 4 is 11.8 Å². The maximum Gasteiger partial charge on any atom is 0.338 e.